The summed E-state index contributed by atoms with van der Waals surface area (Å²) in [6.07, 6.45) is 0. The van der Waals surface area contributed by atoms with Crippen molar-refractivity contribution in [2.75, 3.05) is 0 Å². The van der Waals surface area contributed by atoms with E-state index in [1.54, 1.807) is 0 Å². The number of para-hydroxylation sites is 3. The number of aromatic nitrogens is 2. The SMILES string of the molecule is NCc1nc2ccccc2n1-c1ccccc1Cl. The van der Waals surface area contributed by atoms with Crippen molar-refractivity contribution in [1.82, 2.24) is 9.55 Å². The number of fused-ring (bicyclic) bond motifs is 1. The van der Waals surface area contributed by atoms with Crippen LogP contribution in [0, 0.1) is 0 Å². The molecule has 0 unspecified atom stereocenters. The molecule has 1 heterocycles. The third kappa shape index (κ3) is 1.68. The van der Waals surface area contributed by atoms with Gasteiger partial charge in [-0.05, 0) is 24.3 Å². The van der Waals surface area contributed by atoms with Crippen molar-refractivity contribution >= 4 is 22.6 Å². The normalized spacial score (nSPS) is 11.0. The summed E-state index contributed by atoms with van der Waals surface area (Å²) in [7, 11) is 0. The topological polar surface area (TPSA) is 43.8 Å². The number of benzene rings is 2. The number of hydrogen-bond acceptors (Lipinski definition) is 2. The molecule has 0 amide bonds. The molecule has 0 aliphatic carbocycles. The summed E-state index contributed by atoms with van der Waals surface area (Å²) in [4.78, 5) is 4.53. The van der Waals surface area contributed by atoms with Crippen molar-refractivity contribution in [3.63, 3.8) is 0 Å². The van der Waals surface area contributed by atoms with Crippen molar-refractivity contribution < 1.29 is 0 Å². The van der Waals surface area contributed by atoms with E-state index >= 15 is 0 Å². The van der Waals surface area contributed by atoms with Gasteiger partial charge in [-0.2, -0.15) is 0 Å². The molecular formula is C14H12ClN3. The summed E-state index contributed by atoms with van der Waals surface area (Å²) >= 11 is 6.26. The molecule has 4 heteroatoms. The molecule has 0 saturated heterocycles. The van der Waals surface area contributed by atoms with Crippen LogP contribution in [0.15, 0.2) is 48.5 Å². The van der Waals surface area contributed by atoms with E-state index in [-0.39, 0.29) is 0 Å². The number of nitrogens with two attached hydrogens (primary N) is 1. The lowest BCUT2D eigenvalue weighted by Crippen LogP contribution is -2.07. The molecule has 90 valence electrons. The molecule has 0 aliphatic heterocycles. The minimum atomic E-state index is 0.375. The highest BCUT2D eigenvalue weighted by Gasteiger charge is 2.12. The highest BCUT2D eigenvalue weighted by atomic mass is 35.5. The van der Waals surface area contributed by atoms with Gasteiger partial charge < -0.3 is 5.73 Å². The molecule has 3 aromatic rings. The van der Waals surface area contributed by atoms with Crippen LogP contribution in [0.25, 0.3) is 16.7 Å². The Bertz CT molecular complexity index is 703. The zero-order valence-corrected chi connectivity index (χ0v) is 10.4. The molecule has 0 bridgehead atoms. The van der Waals surface area contributed by atoms with Gasteiger partial charge in [0.15, 0.2) is 0 Å². The van der Waals surface area contributed by atoms with Gasteiger partial charge >= 0.3 is 0 Å². The summed E-state index contributed by atoms with van der Waals surface area (Å²) in [6.45, 7) is 0.375. The first-order chi connectivity index (χ1) is 8.81. The maximum absolute atomic E-state index is 6.26. The maximum Gasteiger partial charge on any atom is 0.128 e. The monoisotopic (exact) mass is 257 g/mol. The Labute approximate surface area is 110 Å². The van der Waals surface area contributed by atoms with E-state index < -0.39 is 0 Å². The zero-order chi connectivity index (χ0) is 12.5. The van der Waals surface area contributed by atoms with Gasteiger partial charge in [-0.1, -0.05) is 35.9 Å². The van der Waals surface area contributed by atoms with E-state index in [1.165, 1.54) is 0 Å². The van der Waals surface area contributed by atoms with Gasteiger partial charge in [-0.15, -0.1) is 0 Å². The molecule has 18 heavy (non-hydrogen) atoms. The van der Waals surface area contributed by atoms with Gasteiger partial charge in [0.1, 0.15) is 5.82 Å². The quantitative estimate of drug-likeness (QED) is 0.767. The van der Waals surface area contributed by atoms with Crippen molar-refractivity contribution in [3.8, 4) is 5.69 Å². The van der Waals surface area contributed by atoms with E-state index in [0.717, 1.165) is 22.5 Å². The molecule has 0 atom stereocenters. The molecule has 0 radical (unpaired) electrons. The Balaban J connectivity index is 2.37. The average molecular weight is 258 g/mol. The van der Waals surface area contributed by atoms with Gasteiger partial charge in [0.25, 0.3) is 0 Å². The van der Waals surface area contributed by atoms with Gasteiger partial charge in [-0.25, -0.2) is 4.98 Å². The van der Waals surface area contributed by atoms with Gasteiger partial charge in [0.05, 0.1) is 28.3 Å². The molecule has 1 aromatic heterocycles. The molecule has 2 N–H and O–H groups in total. The summed E-state index contributed by atoms with van der Waals surface area (Å²) in [5.74, 6) is 0.810. The second-order valence-electron chi connectivity index (χ2n) is 4.01. The number of imidazole rings is 1. The van der Waals surface area contributed by atoms with Gasteiger partial charge in [-0.3, -0.25) is 4.57 Å². The number of hydrogen-bond donors (Lipinski definition) is 1. The smallest absolute Gasteiger partial charge is 0.128 e. The van der Waals surface area contributed by atoms with E-state index in [2.05, 4.69) is 4.98 Å². The predicted octanol–water partition coefficient (Wildman–Crippen LogP) is 3.14. The maximum atomic E-state index is 6.26. The number of nitrogens with zero attached hydrogens (tertiary/aromatic N) is 2. The summed E-state index contributed by atoms with van der Waals surface area (Å²) in [5.41, 5.74) is 8.63. The van der Waals surface area contributed by atoms with Crippen LogP contribution in [0.3, 0.4) is 0 Å². The lowest BCUT2D eigenvalue weighted by Gasteiger charge is -2.09. The zero-order valence-electron chi connectivity index (χ0n) is 9.68. The lowest BCUT2D eigenvalue weighted by atomic mass is 10.2. The van der Waals surface area contributed by atoms with Crippen LogP contribution >= 0.6 is 11.6 Å². The minimum absolute atomic E-state index is 0.375. The van der Waals surface area contributed by atoms with Gasteiger partial charge in [0, 0.05) is 0 Å². The molecule has 0 fully saturated rings. The number of rotatable bonds is 2. The fourth-order valence-corrected chi connectivity index (χ4v) is 2.33. The van der Waals surface area contributed by atoms with E-state index in [4.69, 9.17) is 17.3 Å². The third-order valence-electron chi connectivity index (χ3n) is 2.91. The van der Waals surface area contributed by atoms with Crippen LogP contribution in [0.2, 0.25) is 5.02 Å². The molecule has 0 saturated carbocycles. The van der Waals surface area contributed by atoms with E-state index in [0.29, 0.717) is 11.6 Å². The van der Waals surface area contributed by atoms with Crippen LogP contribution in [0.1, 0.15) is 5.82 Å². The van der Waals surface area contributed by atoms with Crippen LogP contribution < -0.4 is 5.73 Å². The Hall–Kier alpha value is -1.84. The largest absolute Gasteiger partial charge is 0.324 e. The summed E-state index contributed by atoms with van der Waals surface area (Å²) in [5, 5.41) is 0.690. The van der Waals surface area contributed by atoms with Crippen LogP contribution in [-0.4, -0.2) is 9.55 Å². The van der Waals surface area contributed by atoms with Crippen LogP contribution in [0.5, 0.6) is 0 Å². The first kappa shape index (κ1) is 11.3. The lowest BCUT2D eigenvalue weighted by molar-refractivity contribution is 0.882. The molecule has 0 aliphatic rings. The highest BCUT2D eigenvalue weighted by Crippen LogP contribution is 2.26. The Morgan fingerprint density at radius 2 is 1.78 bits per heavy atom. The molecule has 2 aromatic carbocycles. The predicted molar refractivity (Wildman–Crippen MR) is 74.0 cm³/mol. The minimum Gasteiger partial charge on any atom is -0.324 e. The van der Waals surface area contributed by atoms with Crippen molar-refractivity contribution in [2.24, 2.45) is 5.73 Å². The summed E-state index contributed by atoms with van der Waals surface area (Å²) in [6, 6.07) is 15.6. The van der Waals surface area contributed by atoms with Crippen LogP contribution in [0.4, 0.5) is 0 Å². The third-order valence-corrected chi connectivity index (χ3v) is 3.23. The standard InChI is InChI=1S/C14H12ClN3/c15-10-5-1-3-7-12(10)18-13-8-4-2-6-11(13)17-14(18)9-16/h1-8H,9,16H2. The van der Waals surface area contributed by atoms with Crippen molar-refractivity contribution in [1.29, 1.82) is 0 Å². The molecule has 3 nitrogen and oxygen atoms in total. The molecule has 0 spiro atoms. The van der Waals surface area contributed by atoms with Crippen molar-refractivity contribution in [3.05, 3.63) is 59.4 Å². The first-order valence-electron chi connectivity index (χ1n) is 5.72. The Kier molecular flexibility index (Phi) is 2.78. The molecule has 3 rings (SSSR count). The second-order valence-corrected chi connectivity index (χ2v) is 4.41. The first-order valence-corrected chi connectivity index (χ1v) is 6.10. The fraction of sp³-hybridized carbons (Fsp3) is 0.0714. The average Bonchev–Trinajstić information content (AvgIpc) is 2.78. The molecular weight excluding hydrogens is 246 g/mol. The Morgan fingerprint density at radius 1 is 1.06 bits per heavy atom. The van der Waals surface area contributed by atoms with Crippen LogP contribution in [-0.2, 0) is 6.54 Å². The fourth-order valence-electron chi connectivity index (χ4n) is 2.11. The second kappa shape index (κ2) is 4.44. The number of halogens is 1. The van der Waals surface area contributed by atoms with E-state index in [9.17, 15) is 0 Å². The van der Waals surface area contributed by atoms with Gasteiger partial charge in [0.2, 0.25) is 0 Å². The Morgan fingerprint density at radius 3 is 2.56 bits per heavy atom. The highest BCUT2D eigenvalue weighted by molar-refractivity contribution is 6.32. The van der Waals surface area contributed by atoms with E-state index in [1.807, 2.05) is 53.1 Å². The summed E-state index contributed by atoms with van der Waals surface area (Å²) < 4.78 is 2.01. The van der Waals surface area contributed by atoms with Crippen molar-refractivity contribution in [2.45, 2.75) is 6.54 Å².